The van der Waals surface area contributed by atoms with Gasteiger partial charge in [0.25, 0.3) is 0 Å². The number of methoxy groups -OCH3 is 1. The predicted octanol–water partition coefficient (Wildman–Crippen LogP) is 0.413. The topological polar surface area (TPSA) is 84.5 Å². The van der Waals surface area contributed by atoms with Crippen LogP contribution in [0.15, 0.2) is 30.3 Å². The molecule has 2 N–H and O–H groups in total. The van der Waals surface area contributed by atoms with E-state index in [0.717, 1.165) is 12.0 Å². The van der Waals surface area contributed by atoms with Gasteiger partial charge in [-0.1, -0.05) is 30.3 Å². The molecule has 6 nitrogen and oxygen atoms in total. The zero-order chi connectivity index (χ0) is 15.9. The Morgan fingerprint density at radius 1 is 1.32 bits per heavy atom. The Bertz CT molecular complexity index is 544. The maximum Gasteiger partial charge on any atom is 0.328 e. The fourth-order valence-electron chi connectivity index (χ4n) is 2.52. The number of hydrogen-bond donors (Lipinski definition) is 2. The van der Waals surface area contributed by atoms with Crippen LogP contribution in [0.3, 0.4) is 0 Å². The van der Waals surface area contributed by atoms with Gasteiger partial charge >= 0.3 is 5.97 Å². The average molecular weight is 304 g/mol. The van der Waals surface area contributed by atoms with Gasteiger partial charge in [-0.3, -0.25) is 9.59 Å². The van der Waals surface area contributed by atoms with Crippen LogP contribution in [-0.2, 0) is 25.5 Å². The number of amides is 2. The lowest BCUT2D eigenvalue weighted by Crippen LogP contribution is -2.50. The van der Waals surface area contributed by atoms with Gasteiger partial charge in [0.2, 0.25) is 11.8 Å². The van der Waals surface area contributed by atoms with Crippen LogP contribution in [0.5, 0.6) is 0 Å². The number of carbonyl (C=O) groups excluding carboxylic acids is 3. The summed E-state index contributed by atoms with van der Waals surface area (Å²) >= 11 is 0. The molecule has 0 bridgehead atoms. The summed E-state index contributed by atoms with van der Waals surface area (Å²) in [6, 6.07) is 9.08. The minimum absolute atomic E-state index is 0.102. The van der Waals surface area contributed by atoms with E-state index in [0.29, 0.717) is 6.54 Å². The summed E-state index contributed by atoms with van der Waals surface area (Å²) < 4.78 is 4.62. The largest absolute Gasteiger partial charge is 0.467 e. The maximum atomic E-state index is 12.1. The number of piperidine rings is 1. The summed E-state index contributed by atoms with van der Waals surface area (Å²) in [6.45, 7) is 0.504. The van der Waals surface area contributed by atoms with Crippen LogP contribution in [0.25, 0.3) is 0 Å². The van der Waals surface area contributed by atoms with E-state index in [2.05, 4.69) is 15.4 Å². The zero-order valence-corrected chi connectivity index (χ0v) is 12.5. The molecule has 6 heteroatoms. The van der Waals surface area contributed by atoms with Crippen LogP contribution in [0.2, 0.25) is 0 Å². The smallest absolute Gasteiger partial charge is 0.328 e. The first kappa shape index (κ1) is 16.0. The first-order chi connectivity index (χ1) is 10.6. The molecule has 0 spiro atoms. The molecule has 1 saturated heterocycles. The summed E-state index contributed by atoms with van der Waals surface area (Å²) in [6.07, 6.45) is 1.10. The van der Waals surface area contributed by atoms with Crippen LogP contribution in [0.1, 0.15) is 18.4 Å². The number of benzene rings is 1. The molecule has 1 aromatic rings. The van der Waals surface area contributed by atoms with Crippen molar-refractivity contribution in [3.05, 3.63) is 35.9 Å². The van der Waals surface area contributed by atoms with Crippen molar-refractivity contribution in [1.82, 2.24) is 10.6 Å². The number of esters is 1. The Labute approximate surface area is 129 Å². The standard InChI is InChI=1S/C16H20N2O4/c1-22-16(21)13-9-12(10-14(19)18-13)15(20)17-8-7-11-5-3-2-4-6-11/h2-6,12-13H,7-10H2,1H3,(H,17,20)(H,18,19)/t12?,13-/m0/s1. The molecule has 0 saturated carbocycles. The van der Waals surface area contributed by atoms with Gasteiger partial charge in [-0.05, 0) is 18.4 Å². The monoisotopic (exact) mass is 304 g/mol. The van der Waals surface area contributed by atoms with Gasteiger partial charge in [0.15, 0.2) is 0 Å². The number of rotatable bonds is 5. The SMILES string of the molecule is COC(=O)[C@@H]1CC(C(=O)NCCc2ccccc2)CC(=O)N1. The van der Waals surface area contributed by atoms with Gasteiger partial charge in [-0.25, -0.2) is 4.79 Å². The molecular formula is C16H20N2O4. The molecule has 1 fully saturated rings. The van der Waals surface area contributed by atoms with E-state index >= 15 is 0 Å². The Morgan fingerprint density at radius 3 is 2.73 bits per heavy atom. The summed E-state index contributed by atoms with van der Waals surface area (Å²) in [4.78, 5) is 35.3. The molecule has 1 heterocycles. The highest BCUT2D eigenvalue weighted by molar-refractivity contribution is 5.91. The second-order valence-corrected chi connectivity index (χ2v) is 5.31. The second kappa shape index (κ2) is 7.59. The van der Waals surface area contributed by atoms with Gasteiger partial charge in [0.05, 0.1) is 7.11 Å². The van der Waals surface area contributed by atoms with Crippen molar-refractivity contribution in [3.8, 4) is 0 Å². The number of hydrogen-bond acceptors (Lipinski definition) is 4. The lowest BCUT2D eigenvalue weighted by Gasteiger charge is -2.27. The van der Waals surface area contributed by atoms with E-state index in [4.69, 9.17) is 0 Å². The average Bonchev–Trinajstić information content (AvgIpc) is 2.54. The van der Waals surface area contributed by atoms with E-state index < -0.39 is 17.9 Å². The van der Waals surface area contributed by atoms with Crippen LogP contribution < -0.4 is 10.6 Å². The third-order valence-corrected chi connectivity index (χ3v) is 3.70. The Kier molecular flexibility index (Phi) is 5.52. The van der Waals surface area contributed by atoms with Crippen LogP contribution in [0.4, 0.5) is 0 Å². The van der Waals surface area contributed by atoms with Crippen LogP contribution >= 0.6 is 0 Å². The number of ether oxygens (including phenoxy) is 1. The zero-order valence-electron chi connectivity index (χ0n) is 12.5. The van der Waals surface area contributed by atoms with Crippen LogP contribution in [0, 0.1) is 5.92 Å². The van der Waals surface area contributed by atoms with Crippen molar-refractivity contribution in [3.63, 3.8) is 0 Å². The highest BCUT2D eigenvalue weighted by Crippen LogP contribution is 2.18. The van der Waals surface area contributed by atoms with Crippen molar-refractivity contribution in [2.75, 3.05) is 13.7 Å². The third kappa shape index (κ3) is 4.31. The molecule has 1 aromatic carbocycles. The summed E-state index contributed by atoms with van der Waals surface area (Å²) in [5.41, 5.74) is 1.14. The van der Waals surface area contributed by atoms with E-state index in [1.807, 2.05) is 30.3 Å². The fraction of sp³-hybridized carbons (Fsp3) is 0.438. The van der Waals surface area contributed by atoms with Crippen molar-refractivity contribution in [2.45, 2.75) is 25.3 Å². The first-order valence-corrected chi connectivity index (χ1v) is 7.29. The molecule has 1 unspecified atom stereocenters. The fourth-order valence-corrected chi connectivity index (χ4v) is 2.52. The lowest BCUT2D eigenvalue weighted by molar-refractivity contribution is -0.148. The van der Waals surface area contributed by atoms with Crippen LogP contribution in [-0.4, -0.2) is 37.5 Å². The quantitative estimate of drug-likeness (QED) is 0.772. The van der Waals surface area contributed by atoms with Crippen molar-refractivity contribution >= 4 is 17.8 Å². The van der Waals surface area contributed by atoms with Gasteiger partial charge in [0.1, 0.15) is 6.04 Å². The normalized spacial score (nSPS) is 20.9. The van der Waals surface area contributed by atoms with E-state index in [-0.39, 0.29) is 24.7 Å². The molecule has 1 aliphatic rings. The summed E-state index contributed by atoms with van der Waals surface area (Å²) in [5, 5.41) is 5.37. The molecule has 0 radical (unpaired) electrons. The molecule has 0 aliphatic carbocycles. The molecule has 0 aromatic heterocycles. The molecule has 2 amide bonds. The number of carbonyl (C=O) groups is 3. The summed E-state index contributed by atoms with van der Waals surface area (Å²) in [7, 11) is 1.26. The van der Waals surface area contributed by atoms with Gasteiger partial charge in [0, 0.05) is 18.9 Å². The molecule has 118 valence electrons. The van der Waals surface area contributed by atoms with Crippen molar-refractivity contribution in [2.24, 2.45) is 5.92 Å². The minimum Gasteiger partial charge on any atom is -0.467 e. The highest BCUT2D eigenvalue weighted by Gasteiger charge is 2.35. The predicted molar refractivity (Wildman–Crippen MR) is 79.8 cm³/mol. The third-order valence-electron chi connectivity index (χ3n) is 3.70. The highest BCUT2D eigenvalue weighted by atomic mass is 16.5. The summed E-state index contributed by atoms with van der Waals surface area (Å²) in [5.74, 6) is -1.51. The Balaban J connectivity index is 1.83. The van der Waals surface area contributed by atoms with E-state index in [1.54, 1.807) is 0 Å². The molecule has 22 heavy (non-hydrogen) atoms. The van der Waals surface area contributed by atoms with Gasteiger partial charge in [-0.15, -0.1) is 0 Å². The lowest BCUT2D eigenvalue weighted by atomic mass is 9.91. The Hall–Kier alpha value is -2.37. The van der Waals surface area contributed by atoms with E-state index in [9.17, 15) is 14.4 Å². The minimum atomic E-state index is -0.740. The maximum absolute atomic E-state index is 12.1. The van der Waals surface area contributed by atoms with Crippen molar-refractivity contribution < 1.29 is 19.1 Å². The Morgan fingerprint density at radius 2 is 2.05 bits per heavy atom. The molecular weight excluding hydrogens is 284 g/mol. The van der Waals surface area contributed by atoms with Gasteiger partial charge in [-0.2, -0.15) is 0 Å². The van der Waals surface area contributed by atoms with Crippen molar-refractivity contribution in [1.29, 1.82) is 0 Å². The molecule has 2 atom stereocenters. The molecule has 2 rings (SSSR count). The first-order valence-electron chi connectivity index (χ1n) is 7.29. The number of nitrogens with one attached hydrogen (secondary N) is 2. The van der Waals surface area contributed by atoms with E-state index in [1.165, 1.54) is 7.11 Å². The van der Waals surface area contributed by atoms with Gasteiger partial charge < -0.3 is 15.4 Å². The second-order valence-electron chi connectivity index (χ2n) is 5.31. The molecule has 1 aliphatic heterocycles.